The van der Waals surface area contributed by atoms with Crippen LogP contribution in [0.15, 0.2) is 24.3 Å². The van der Waals surface area contributed by atoms with E-state index >= 15 is 0 Å². The normalized spacial score (nSPS) is 27.7. The number of ether oxygens (including phenoxy) is 1. The van der Waals surface area contributed by atoms with Crippen LogP contribution in [-0.2, 0) is 4.75 Å². The third kappa shape index (κ3) is 3.59. The van der Waals surface area contributed by atoms with Crippen LogP contribution >= 0.6 is 24.2 Å². The van der Waals surface area contributed by atoms with Crippen LogP contribution in [0.4, 0.5) is 0 Å². The Morgan fingerprint density at radius 1 is 1.47 bits per heavy atom. The molecule has 1 heterocycles. The average molecular weight is 302 g/mol. The first-order valence-corrected chi connectivity index (χ1v) is 7.48. The van der Waals surface area contributed by atoms with Crippen molar-refractivity contribution in [3.63, 3.8) is 0 Å². The number of hydrogen-bond acceptors (Lipinski definition) is 3. The fourth-order valence-electron chi connectivity index (χ4n) is 2.86. The molecule has 0 spiro atoms. The molecule has 0 saturated carbocycles. The Labute approximate surface area is 127 Å². The molecule has 1 saturated heterocycles. The molecule has 1 fully saturated rings. The SMILES string of the molecule is CCC1(c2cccc(OC)c2)CN(C)CC(C)S1.Cl. The van der Waals surface area contributed by atoms with Gasteiger partial charge in [0.15, 0.2) is 0 Å². The largest absolute Gasteiger partial charge is 0.497 e. The van der Waals surface area contributed by atoms with Gasteiger partial charge in [-0.2, -0.15) is 0 Å². The molecule has 0 aliphatic carbocycles. The van der Waals surface area contributed by atoms with E-state index in [2.05, 4.69) is 55.8 Å². The van der Waals surface area contributed by atoms with E-state index in [1.54, 1.807) is 7.11 Å². The highest BCUT2D eigenvalue weighted by Gasteiger charge is 2.38. The summed E-state index contributed by atoms with van der Waals surface area (Å²) in [4.78, 5) is 2.45. The standard InChI is InChI=1S/C15H23NOS.ClH/c1-5-15(11-16(3)10-12(2)18-15)13-7-6-8-14(9-13)17-4;/h6-9,12H,5,10-11H2,1-4H3;1H. The number of methoxy groups -OCH3 is 1. The van der Waals surface area contributed by atoms with Gasteiger partial charge < -0.3 is 9.64 Å². The molecule has 108 valence electrons. The summed E-state index contributed by atoms with van der Waals surface area (Å²) in [5.74, 6) is 0.960. The van der Waals surface area contributed by atoms with Crippen LogP contribution in [0.3, 0.4) is 0 Å². The van der Waals surface area contributed by atoms with E-state index in [9.17, 15) is 0 Å². The number of nitrogens with zero attached hydrogens (tertiary/aromatic N) is 1. The van der Waals surface area contributed by atoms with E-state index in [0.29, 0.717) is 5.25 Å². The Hall–Kier alpha value is -0.380. The molecule has 0 amide bonds. The first-order chi connectivity index (χ1) is 8.59. The molecule has 2 rings (SSSR count). The van der Waals surface area contributed by atoms with Crippen molar-refractivity contribution in [2.24, 2.45) is 0 Å². The first-order valence-electron chi connectivity index (χ1n) is 6.60. The van der Waals surface area contributed by atoms with Gasteiger partial charge in [0.2, 0.25) is 0 Å². The molecular weight excluding hydrogens is 278 g/mol. The predicted molar refractivity (Wildman–Crippen MR) is 86.8 cm³/mol. The van der Waals surface area contributed by atoms with E-state index in [1.807, 2.05) is 6.07 Å². The van der Waals surface area contributed by atoms with Crippen LogP contribution in [0.1, 0.15) is 25.8 Å². The van der Waals surface area contributed by atoms with Gasteiger partial charge in [-0.1, -0.05) is 26.0 Å². The molecule has 2 unspecified atom stereocenters. The van der Waals surface area contributed by atoms with Gasteiger partial charge in [0.05, 0.1) is 11.9 Å². The predicted octanol–water partition coefficient (Wildman–Crippen LogP) is 3.79. The number of benzene rings is 1. The van der Waals surface area contributed by atoms with E-state index in [4.69, 9.17) is 4.74 Å². The van der Waals surface area contributed by atoms with Gasteiger partial charge in [0.25, 0.3) is 0 Å². The van der Waals surface area contributed by atoms with E-state index in [-0.39, 0.29) is 17.2 Å². The van der Waals surface area contributed by atoms with Gasteiger partial charge in [-0.25, -0.2) is 0 Å². The molecule has 1 aromatic carbocycles. The zero-order valence-electron chi connectivity index (χ0n) is 12.2. The second kappa shape index (κ2) is 6.87. The lowest BCUT2D eigenvalue weighted by molar-refractivity contribution is 0.278. The molecule has 4 heteroatoms. The first kappa shape index (κ1) is 16.7. The van der Waals surface area contributed by atoms with Crippen molar-refractivity contribution in [3.05, 3.63) is 29.8 Å². The fraction of sp³-hybridized carbons (Fsp3) is 0.600. The Morgan fingerprint density at radius 2 is 2.21 bits per heavy atom. The summed E-state index contributed by atoms with van der Waals surface area (Å²) in [5, 5.41) is 0.676. The second-order valence-electron chi connectivity index (χ2n) is 5.21. The van der Waals surface area contributed by atoms with Gasteiger partial charge in [0, 0.05) is 18.3 Å². The van der Waals surface area contributed by atoms with Crippen molar-refractivity contribution in [1.82, 2.24) is 4.90 Å². The maximum atomic E-state index is 5.37. The average Bonchev–Trinajstić information content (AvgIpc) is 2.37. The minimum absolute atomic E-state index is 0. The van der Waals surface area contributed by atoms with E-state index < -0.39 is 0 Å². The highest BCUT2D eigenvalue weighted by Crippen LogP contribution is 2.46. The van der Waals surface area contributed by atoms with Crippen LogP contribution in [0.2, 0.25) is 0 Å². The molecule has 2 nitrogen and oxygen atoms in total. The topological polar surface area (TPSA) is 12.5 Å². The van der Waals surface area contributed by atoms with Gasteiger partial charge in [-0.05, 0) is 31.2 Å². The molecule has 1 aliphatic rings. The van der Waals surface area contributed by atoms with Gasteiger partial charge >= 0.3 is 0 Å². The Kier molecular flexibility index (Phi) is 6.03. The zero-order chi connectivity index (χ0) is 13.2. The quantitative estimate of drug-likeness (QED) is 0.843. The smallest absolute Gasteiger partial charge is 0.119 e. The molecule has 2 atom stereocenters. The summed E-state index contributed by atoms with van der Waals surface area (Å²) in [6.07, 6.45) is 1.15. The maximum Gasteiger partial charge on any atom is 0.119 e. The number of thioether (sulfide) groups is 1. The van der Waals surface area contributed by atoms with E-state index in [1.165, 1.54) is 12.1 Å². The summed E-state index contributed by atoms with van der Waals surface area (Å²) in [6, 6.07) is 8.56. The third-order valence-corrected chi connectivity index (χ3v) is 5.34. The van der Waals surface area contributed by atoms with Crippen LogP contribution in [0.25, 0.3) is 0 Å². The van der Waals surface area contributed by atoms with Crippen molar-refractivity contribution in [2.75, 3.05) is 27.2 Å². The summed E-state index contributed by atoms with van der Waals surface area (Å²) >= 11 is 2.11. The lowest BCUT2D eigenvalue weighted by atomic mass is 9.94. The molecule has 1 aliphatic heterocycles. The Morgan fingerprint density at radius 3 is 2.79 bits per heavy atom. The Balaban J connectivity index is 0.00000180. The highest BCUT2D eigenvalue weighted by atomic mass is 35.5. The molecule has 1 aromatic rings. The van der Waals surface area contributed by atoms with Crippen LogP contribution < -0.4 is 4.74 Å². The van der Waals surface area contributed by atoms with Crippen LogP contribution in [0.5, 0.6) is 5.75 Å². The Bertz CT molecular complexity index is 403. The molecule has 0 bridgehead atoms. The van der Waals surface area contributed by atoms with Crippen molar-refractivity contribution in [3.8, 4) is 5.75 Å². The minimum Gasteiger partial charge on any atom is -0.497 e. The van der Waals surface area contributed by atoms with Gasteiger partial charge in [-0.15, -0.1) is 24.2 Å². The van der Waals surface area contributed by atoms with Crippen LogP contribution in [0, 0.1) is 0 Å². The summed E-state index contributed by atoms with van der Waals surface area (Å²) in [7, 11) is 3.96. The molecule has 0 N–H and O–H groups in total. The lowest BCUT2D eigenvalue weighted by Crippen LogP contribution is -2.45. The summed E-state index contributed by atoms with van der Waals surface area (Å²) in [5.41, 5.74) is 1.40. The summed E-state index contributed by atoms with van der Waals surface area (Å²) in [6.45, 7) is 6.91. The number of halogens is 1. The van der Waals surface area contributed by atoms with Crippen molar-refractivity contribution < 1.29 is 4.74 Å². The molecule has 19 heavy (non-hydrogen) atoms. The van der Waals surface area contributed by atoms with Crippen LogP contribution in [-0.4, -0.2) is 37.4 Å². The molecule has 0 aromatic heterocycles. The molecule has 0 radical (unpaired) electrons. The zero-order valence-corrected chi connectivity index (χ0v) is 13.8. The molecular formula is C15H24ClNOS. The number of likely N-dealkylation sites (N-methyl/N-ethyl adjacent to an activating group) is 1. The summed E-state index contributed by atoms with van der Waals surface area (Å²) < 4.78 is 5.58. The van der Waals surface area contributed by atoms with E-state index in [0.717, 1.165) is 18.7 Å². The van der Waals surface area contributed by atoms with Crippen molar-refractivity contribution in [1.29, 1.82) is 0 Å². The minimum atomic E-state index is 0. The van der Waals surface area contributed by atoms with Crippen molar-refractivity contribution in [2.45, 2.75) is 30.3 Å². The second-order valence-corrected chi connectivity index (χ2v) is 7.03. The van der Waals surface area contributed by atoms with Gasteiger partial charge in [0.1, 0.15) is 5.75 Å². The number of rotatable bonds is 3. The monoisotopic (exact) mass is 301 g/mol. The fourth-order valence-corrected chi connectivity index (χ4v) is 4.69. The number of hydrogen-bond donors (Lipinski definition) is 0. The third-order valence-electron chi connectivity index (χ3n) is 3.69. The highest BCUT2D eigenvalue weighted by molar-refractivity contribution is 8.00. The van der Waals surface area contributed by atoms with Crippen molar-refractivity contribution >= 4 is 24.2 Å². The maximum absolute atomic E-state index is 5.37. The lowest BCUT2D eigenvalue weighted by Gasteiger charge is -2.44. The van der Waals surface area contributed by atoms with Gasteiger partial charge in [-0.3, -0.25) is 0 Å².